The molecule has 1 saturated heterocycles. The number of aromatic nitrogens is 3. The maximum Gasteiger partial charge on any atom is 0.416 e. The Hall–Kier alpha value is -4.53. The van der Waals surface area contributed by atoms with E-state index >= 15 is 0 Å². The number of rotatable bonds is 8. The molecular formula is C29H26F3N7O3S. The highest BCUT2D eigenvalue weighted by Gasteiger charge is 2.32. The van der Waals surface area contributed by atoms with Crippen molar-refractivity contribution < 1.29 is 27.5 Å². The summed E-state index contributed by atoms with van der Waals surface area (Å²) in [6, 6.07) is 18.3. The van der Waals surface area contributed by atoms with Crippen molar-refractivity contribution in [3.8, 4) is 17.1 Å². The number of urea groups is 1. The van der Waals surface area contributed by atoms with Crippen LogP contribution in [0.4, 0.5) is 23.7 Å². The van der Waals surface area contributed by atoms with Crippen molar-refractivity contribution in [1.29, 1.82) is 0 Å². The average molecular weight is 610 g/mol. The number of carbonyl (C=O) groups is 2. The minimum Gasteiger partial charge on any atom is -0.380 e. The Bertz CT molecular complexity index is 1640. The van der Waals surface area contributed by atoms with E-state index in [1.165, 1.54) is 39.8 Å². The van der Waals surface area contributed by atoms with E-state index < -0.39 is 17.8 Å². The first-order valence-corrected chi connectivity index (χ1v) is 14.0. The van der Waals surface area contributed by atoms with Crippen molar-refractivity contribution >= 4 is 34.6 Å². The van der Waals surface area contributed by atoms with Gasteiger partial charge in [-0.15, -0.1) is 5.10 Å². The number of anilines is 1. The molecule has 0 bridgehead atoms. The Morgan fingerprint density at radius 3 is 2.51 bits per heavy atom. The Morgan fingerprint density at radius 1 is 1.09 bits per heavy atom. The minimum atomic E-state index is -4.41. The number of hydrazine groups is 1. The molecule has 2 N–H and O–H groups in total. The van der Waals surface area contributed by atoms with E-state index in [1.807, 2.05) is 31.2 Å². The number of para-hydroxylation sites is 1. The van der Waals surface area contributed by atoms with Crippen molar-refractivity contribution in [1.82, 2.24) is 25.6 Å². The van der Waals surface area contributed by atoms with Gasteiger partial charge in [-0.1, -0.05) is 54.2 Å². The third-order valence-electron chi connectivity index (χ3n) is 6.51. The summed E-state index contributed by atoms with van der Waals surface area (Å²) >= 11 is 1.18. The molecule has 1 aliphatic rings. The van der Waals surface area contributed by atoms with Crippen molar-refractivity contribution in [2.45, 2.75) is 25.7 Å². The molecule has 1 unspecified atom stereocenters. The van der Waals surface area contributed by atoms with Gasteiger partial charge in [-0.3, -0.25) is 15.1 Å². The van der Waals surface area contributed by atoms with Gasteiger partial charge >= 0.3 is 12.2 Å². The van der Waals surface area contributed by atoms with Crippen LogP contribution in [0.3, 0.4) is 0 Å². The molecule has 0 spiro atoms. The number of hydrogen-bond donors (Lipinski definition) is 2. The summed E-state index contributed by atoms with van der Waals surface area (Å²) in [6.07, 6.45) is -2.98. The first kappa shape index (κ1) is 29.9. The van der Waals surface area contributed by atoms with E-state index in [0.29, 0.717) is 29.4 Å². The van der Waals surface area contributed by atoms with Crippen LogP contribution >= 0.6 is 11.8 Å². The molecule has 0 saturated carbocycles. The SMILES string of the molecule is COCc1ccccc1N1C(=O)CS/C1=N\C(=O)NNC(C)c1ccc(-c2ncn(-c3ccc(C(F)(F)F)cc3)n2)cc1. The topological polar surface area (TPSA) is 114 Å². The quantitative estimate of drug-likeness (QED) is 0.253. The van der Waals surface area contributed by atoms with Crippen LogP contribution in [-0.4, -0.2) is 44.7 Å². The zero-order valence-corrected chi connectivity index (χ0v) is 23.8. The maximum atomic E-state index is 12.8. The average Bonchev–Trinajstić information content (AvgIpc) is 3.63. The number of alkyl halides is 3. The molecule has 4 aromatic rings. The van der Waals surface area contributed by atoms with Crippen LogP contribution in [0.1, 0.15) is 29.7 Å². The van der Waals surface area contributed by atoms with Crippen LogP contribution in [-0.2, 0) is 22.3 Å². The van der Waals surface area contributed by atoms with Gasteiger partial charge in [0.25, 0.3) is 0 Å². The zero-order valence-electron chi connectivity index (χ0n) is 23.0. The summed E-state index contributed by atoms with van der Waals surface area (Å²) in [7, 11) is 1.57. The van der Waals surface area contributed by atoms with E-state index in [1.54, 1.807) is 31.4 Å². The van der Waals surface area contributed by atoms with Gasteiger partial charge in [0.2, 0.25) is 5.91 Å². The Balaban J connectivity index is 1.20. The largest absolute Gasteiger partial charge is 0.416 e. The summed E-state index contributed by atoms with van der Waals surface area (Å²) in [5.41, 5.74) is 8.15. The van der Waals surface area contributed by atoms with E-state index in [-0.39, 0.29) is 22.9 Å². The number of amides is 3. The molecule has 3 amide bonds. The molecule has 1 fully saturated rings. The smallest absolute Gasteiger partial charge is 0.380 e. The predicted octanol–water partition coefficient (Wildman–Crippen LogP) is 5.51. The number of amidine groups is 1. The van der Waals surface area contributed by atoms with E-state index in [4.69, 9.17) is 4.74 Å². The van der Waals surface area contributed by atoms with E-state index in [2.05, 4.69) is 25.9 Å². The fourth-order valence-electron chi connectivity index (χ4n) is 4.30. The third kappa shape index (κ3) is 6.93. The maximum absolute atomic E-state index is 12.8. The van der Waals surface area contributed by atoms with Crippen molar-refractivity contribution in [2.24, 2.45) is 4.99 Å². The third-order valence-corrected chi connectivity index (χ3v) is 7.43. The zero-order chi connectivity index (χ0) is 30.6. The van der Waals surface area contributed by atoms with Gasteiger partial charge in [-0.25, -0.2) is 19.9 Å². The number of carbonyl (C=O) groups excluding carboxylic acids is 2. The molecule has 222 valence electrons. The van der Waals surface area contributed by atoms with Gasteiger partial charge in [0.15, 0.2) is 11.0 Å². The summed E-state index contributed by atoms with van der Waals surface area (Å²) in [6.45, 7) is 2.15. The highest BCUT2D eigenvalue weighted by atomic mass is 32.2. The summed E-state index contributed by atoms with van der Waals surface area (Å²) < 4.78 is 45.2. The molecule has 1 atom stereocenters. The lowest BCUT2D eigenvalue weighted by molar-refractivity contribution is -0.137. The molecule has 0 aliphatic carbocycles. The molecule has 43 heavy (non-hydrogen) atoms. The van der Waals surface area contributed by atoms with E-state index in [0.717, 1.165) is 23.3 Å². The summed E-state index contributed by atoms with van der Waals surface area (Å²) in [5.74, 6) is 0.387. The molecule has 2 heterocycles. The number of methoxy groups -OCH3 is 1. The Morgan fingerprint density at radius 2 is 1.81 bits per heavy atom. The van der Waals surface area contributed by atoms with E-state index in [9.17, 15) is 22.8 Å². The molecule has 1 aromatic heterocycles. The fourth-order valence-corrected chi connectivity index (χ4v) is 5.16. The van der Waals surface area contributed by atoms with Crippen LogP contribution in [0.2, 0.25) is 0 Å². The number of ether oxygens (including phenoxy) is 1. The number of hydrogen-bond acceptors (Lipinski definition) is 7. The molecule has 0 radical (unpaired) electrons. The highest BCUT2D eigenvalue weighted by molar-refractivity contribution is 8.15. The Kier molecular flexibility index (Phi) is 8.89. The first-order chi connectivity index (χ1) is 20.6. The highest BCUT2D eigenvalue weighted by Crippen LogP contribution is 2.31. The number of halogens is 3. The van der Waals surface area contributed by atoms with Crippen molar-refractivity contribution in [3.05, 3.63) is 95.8 Å². The van der Waals surface area contributed by atoms with Gasteiger partial charge < -0.3 is 4.74 Å². The second kappa shape index (κ2) is 12.8. The summed E-state index contributed by atoms with van der Waals surface area (Å²) in [5, 5.41) is 4.65. The van der Waals surface area contributed by atoms with Crippen LogP contribution in [0.15, 0.2) is 84.1 Å². The lowest BCUT2D eigenvalue weighted by atomic mass is 10.1. The van der Waals surface area contributed by atoms with Gasteiger partial charge in [0, 0.05) is 24.3 Å². The molecule has 1 aliphatic heterocycles. The molecule has 14 heteroatoms. The first-order valence-electron chi connectivity index (χ1n) is 13.0. The lowest BCUT2D eigenvalue weighted by Crippen LogP contribution is -2.39. The van der Waals surface area contributed by atoms with Crippen LogP contribution in [0.25, 0.3) is 17.1 Å². The van der Waals surface area contributed by atoms with Crippen LogP contribution in [0.5, 0.6) is 0 Å². The van der Waals surface area contributed by atoms with Crippen LogP contribution < -0.4 is 15.8 Å². The fraction of sp³-hybridized carbons (Fsp3) is 0.207. The number of nitrogens with zero attached hydrogens (tertiary/aromatic N) is 5. The van der Waals surface area contributed by atoms with Gasteiger partial charge in [-0.2, -0.15) is 18.2 Å². The normalized spacial score (nSPS) is 15.2. The number of aliphatic imine (C=N–C) groups is 1. The minimum absolute atomic E-state index is 0.168. The number of benzene rings is 3. The molecular weight excluding hydrogens is 583 g/mol. The lowest BCUT2D eigenvalue weighted by Gasteiger charge is -2.19. The second-order valence-electron chi connectivity index (χ2n) is 9.45. The monoisotopic (exact) mass is 609 g/mol. The molecule has 10 nitrogen and oxygen atoms in total. The van der Waals surface area contributed by atoms with Crippen LogP contribution in [0, 0.1) is 0 Å². The van der Waals surface area contributed by atoms with Gasteiger partial charge in [0.05, 0.1) is 29.3 Å². The van der Waals surface area contributed by atoms with Crippen molar-refractivity contribution in [3.63, 3.8) is 0 Å². The number of thioether (sulfide) groups is 1. The Labute approximate surface area is 248 Å². The van der Waals surface area contributed by atoms with Crippen molar-refractivity contribution in [2.75, 3.05) is 17.8 Å². The summed E-state index contributed by atoms with van der Waals surface area (Å²) in [4.78, 5) is 35.1. The predicted molar refractivity (Wildman–Crippen MR) is 156 cm³/mol. The molecule has 3 aromatic carbocycles. The van der Waals surface area contributed by atoms with Gasteiger partial charge in [0.1, 0.15) is 6.33 Å². The van der Waals surface area contributed by atoms with Gasteiger partial charge in [-0.05, 0) is 42.8 Å². The molecule has 5 rings (SSSR count). The number of nitrogens with one attached hydrogen (secondary N) is 2. The second-order valence-corrected chi connectivity index (χ2v) is 10.4. The standard InChI is InChI=1S/C29H26F3N7O3S/c1-18(35-36-27(41)34-28-39(25(40)16-43-28)24-6-4-3-5-21(24)15-42-2)19-7-9-20(10-8-19)26-33-17-38(37-26)23-13-11-22(12-14-23)29(30,31)32/h3-14,17-18,35H,15-16H2,1-2H3,(H,36,41)/b34-28-.